The van der Waals surface area contributed by atoms with Gasteiger partial charge in [-0.15, -0.1) is 0 Å². The molecule has 1 heterocycles. The van der Waals surface area contributed by atoms with Crippen molar-refractivity contribution in [2.24, 2.45) is 0 Å². The molecule has 82 valence electrons. The van der Waals surface area contributed by atoms with E-state index < -0.39 is 17.3 Å². The maximum Gasteiger partial charge on any atom is 0.354 e. The maximum atomic E-state index is 11.4. The predicted molar refractivity (Wildman–Crippen MR) is 55.0 cm³/mol. The van der Waals surface area contributed by atoms with Crippen molar-refractivity contribution in [1.82, 2.24) is 0 Å². The lowest BCUT2D eigenvalue weighted by atomic mass is 10.2. The number of carbonyl (C=O) groups excluding carboxylic acids is 1. The van der Waals surface area contributed by atoms with Crippen molar-refractivity contribution in [3.63, 3.8) is 0 Å². The second kappa shape index (κ2) is 4.48. The smallest absolute Gasteiger partial charge is 0.354 e. The fourth-order valence-corrected chi connectivity index (χ4v) is 1.33. The Hall–Kier alpha value is -1.30. The molecular formula is C9H9BrO5. The van der Waals surface area contributed by atoms with Gasteiger partial charge in [0.25, 0.3) is 0 Å². The second-order valence-electron chi connectivity index (χ2n) is 2.70. The molecule has 0 saturated carbocycles. The average Bonchev–Trinajstić information content (AvgIpc) is 2.15. The lowest BCUT2D eigenvalue weighted by Crippen LogP contribution is -2.12. The predicted octanol–water partition coefficient (Wildman–Crippen LogP) is 1.59. The summed E-state index contributed by atoms with van der Waals surface area (Å²) in [6, 6.07) is 0. The highest BCUT2D eigenvalue weighted by atomic mass is 79.9. The summed E-state index contributed by atoms with van der Waals surface area (Å²) in [7, 11) is 0. The van der Waals surface area contributed by atoms with Crippen LogP contribution in [0.15, 0.2) is 13.7 Å². The molecule has 0 bridgehead atoms. The number of halogens is 1. The molecule has 0 aliphatic heterocycles. The minimum Gasteiger partial charge on any atom is -0.505 e. The number of hydrogen-bond acceptors (Lipinski definition) is 5. The standard InChI is InChI=1S/C9H9BrO5/c1-3-14-8(12)5-4(2)15-9(13)6(10)7(5)11/h11H,3H2,1-2H3. The fourth-order valence-electron chi connectivity index (χ4n) is 1.05. The summed E-state index contributed by atoms with van der Waals surface area (Å²) in [6.07, 6.45) is 0. The number of carbonyl (C=O) groups is 1. The first kappa shape index (κ1) is 11.8. The van der Waals surface area contributed by atoms with Gasteiger partial charge in [0.1, 0.15) is 15.8 Å². The van der Waals surface area contributed by atoms with Crippen LogP contribution in [0, 0.1) is 6.92 Å². The number of aryl methyl sites for hydroxylation is 1. The molecule has 0 fully saturated rings. The summed E-state index contributed by atoms with van der Waals surface area (Å²) in [6.45, 7) is 3.21. The molecule has 0 aromatic carbocycles. The Balaban J connectivity index is 3.36. The van der Waals surface area contributed by atoms with Crippen molar-refractivity contribution >= 4 is 21.9 Å². The minimum atomic E-state index is -0.738. The largest absolute Gasteiger partial charge is 0.505 e. The van der Waals surface area contributed by atoms with Gasteiger partial charge in [-0.1, -0.05) is 0 Å². The van der Waals surface area contributed by atoms with E-state index in [1.165, 1.54) is 6.92 Å². The lowest BCUT2D eigenvalue weighted by molar-refractivity contribution is 0.0518. The Morgan fingerprint density at radius 2 is 2.20 bits per heavy atom. The van der Waals surface area contributed by atoms with Crippen LogP contribution < -0.4 is 5.63 Å². The third-order valence-corrected chi connectivity index (χ3v) is 2.40. The molecule has 0 aliphatic rings. The SMILES string of the molecule is CCOC(=O)c1c(C)oc(=O)c(Br)c1O. The molecule has 0 unspecified atom stereocenters. The minimum absolute atomic E-state index is 0.0270. The number of aromatic hydroxyl groups is 1. The van der Waals surface area contributed by atoms with E-state index in [2.05, 4.69) is 15.9 Å². The second-order valence-corrected chi connectivity index (χ2v) is 3.50. The first-order chi connectivity index (χ1) is 6.99. The van der Waals surface area contributed by atoms with E-state index >= 15 is 0 Å². The Labute approximate surface area is 93.8 Å². The molecular weight excluding hydrogens is 268 g/mol. The van der Waals surface area contributed by atoms with Gasteiger partial charge in [-0.25, -0.2) is 9.59 Å². The van der Waals surface area contributed by atoms with Crippen molar-refractivity contribution in [1.29, 1.82) is 0 Å². The zero-order valence-electron chi connectivity index (χ0n) is 8.17. The molecule has 0 spiro atoms. The molecule has 0 radical (unpaired) electrons. The number of ether oxygens (including phenoxy) is 1. The summed E-state index contributed by atoms with van der Waals surface area (Å²) in [5, 5.41) is 9.55. The highest BCUT2D eigenvalue weighted by molar-refractivity contribution is 9.10. The Kier molecular flexibility index (Phi) is 3.52. The summed E-state index contributed by atoms with van der Waals surface area (Å²) in [5.74, 6) is -1.15. The van der Waals surface area contributed by atoms with E-state index in [0.717, 1.165) is 0 Å². The maximum absolute atomic E-state index is 11.4. The van der Waals surface area contributed by atoms with Gasteiger partial charge in [0, 0.05) is 0 Å². The highest BCUT2D eigenvalue weighted by Crippen LogP contribution is 2.27. The zero-order valence-corrected chi connectivity index (χ0v) is 9.75. The normalized spacial score (nSPS) is 10.1. The molecule has 1 aromatic heterocycles. The third-order valence-electron chi connectivity index (χ3n) is 1.70. The van der Waals surface area contributed by atoms with E-state index in [4.69, 9.17) is 9.15 Å². The van der Waals surface area contributed by atoms with Gasteiger partial charge in [0.15, 0.2) is 5.75 Å². The summed E-state index contributed by atoms with van der Waals surface area (Å²) in [4.78, 5) is 22.5. The molecule has 1 N–H and O–H groups in total. The first-order valence-corrected chi connectivity index (χ1v) is 4.97. The van der Waals surface area contributed by atoms with Crippen LogP contribution in [0.1, 0.15) is 23.0 Å². The molecule has 1 rings (SSSR count). The van der Waals surface area contributed by atoms with E-state index in [9.17, 15) is 14.7 Å². The van der Waals surface area contributed by atoms with Gasteiger partial charge in [-0.05, 0) is 29.8 Å². The monoisotopic (exact) mass is 276 g/mol. The van der Waals surface area contributed by atoms with Gasteiger partial charge >= 0.3 is 11.6 Å². The number of rotatable bonds is 2. The molecule has 0 atom stereocenters. The van der Waals surface area contributed by atoms with Gasteiger partial charge in [0.2, 0.25) is 0 Å². The van der Waals surface area contributed by atoms with Crippen LogP contribution in [0.3, 0.4) is 0 Å². The topological polar surface area (TPSA) is 76.7 Å². The fraction of sp³-hybridized carbons (Fsp3) is 0.333. The number of hydrogen-bond donors (Lipinski definition) is 1. The van der Waals surface area contributed by atoms with E-state index in [1.807, 2.05) is 0 Å². The van der Waals surface area contributed by atoms with Crippen LogP contribution in [-0.4, -0.2) is 17.7 Å². The Morgan fingerprint density at radius 3 is 2.73 bits per heavy atom. The van der Waals surface area contributed by atoms with Crippen molar-refractivity contribution in [3.05, 3.63) is 26.2 Å². The highest BCUT2D eigenvalue weighted by Gasteiger charge is 2.22. The van der Waals surface area contributed by atoms with Gasteiger partial charge in [-0.3, -0.25) is 0 Å². The molecule has 1 aromatic rings. The van der Waals surface area contributed by atoms with Crippen molar-refractivity contribution < 1.29 is 19.1 Å². The third kappa shape index (κ3) is 2.20. The quantitative estimate of drug-likeness (QED) is 0.831. The summed E-state index contributed by atoms with van der Waals surface area (Å²) >= 11 is 2.82. The molecule has 15 heavy (non-hydrogen) atoms. The lowest BCUT2D eigenvalue weighted by Gasteiger charge is -2.06. The van der Waals surface area contributed by atoms with E-state index in [-0.39, 0.29) is 22.4 Å². The van der Waals surface area contributed by atoms with E-state index in [1.54, 1.807) is 6.92 Å². The molecule has 0 amide bonds. The number of esters is 1. The van der Waals surface area contributed by atoms with Gasteiger partial charge in [-0.2, -0.15) is 0 Å². The van der Waals surface area contributed by atoms with Crippen LogP contribution in [0.4, 0.5) is 0 Å². The average molecular weight is 277 g/mol. The van der Waals surface area contributed by atoms with Crippen molar-refractivity contribution in [2.75, 3.05) is 6.61 Å². The van der Waals surface area contributed by atoms with Crippen LogP contribution in [0.25, 0.3) is 0 Å². The van der Waals surface area contributed by atoms with Crippen LogP contribution >= 0.6 is 15.9 Å². The molecule has 6 heteroatoms. The Morgan fingerprint density at radius 1 is 1.60 bits per heavy atom. The Bertz CT molecular complexity index is 449. The zero-order chi connectivity index (χ0) is 11.6. The van der Waals surface area contributed by atoms with Crippen molar-refractivity contribution in [3.8, 4) is 5.75 Å². The van der Waals surface area contributed by atoms with Crippen LogP contribution in [0.5, 0.6) is 5.75 Å². The van der Waals surface area contributed by atoms with Crippen LogP contribution in [0.2, 0.25) is 0 Å². The van der Waals surface area contributed by atoms with Gasteiger partial charge in [0.05, 0.1) is 6.61 Å². The van der Waals surface area contributed by atoms with E-state index in [0.29, 0.717) is 0 Å². The summed E-state index contributed by atoms with van der Waals surface area (Å²) < 4.78 is 9.24. The first-order valence-electron chi connectivity index (χ1n) is 4.18. The molecule has 5 nitrogen and oxygen atoms in total. The van der Waals surface area contributed by atoms with Crippen LogP contribution in [-0.2, 0) is 4.74 Å². The summed E-state index contributed by atoms with van der Waals surface area (Å²) in [5.41, 5.74) is -0.874. The van der Waals surface area contributed by atoms with Gasteiger partial charge < -0.3 is 14.3 Å². The van der Waals surface area contributed by atoms with Crippen molar-refractivity contribution in [2.45, 2.75) is 13.8 Å². The molecule has 0 aliphatic carbocycles. The molecule has 0 saturated heterocycles.